The van der Waals surface area contributed by atoms with Crippen molar-refractivity contribution in [3.05, 3.63) is 176 Å². The van der Waals surface area contributed by atoms with Gasteiger partial charge in [0.25, 0.3) is 28.7 Å². The van der Waals surface area contributed by atoms with Crippen LogP contribution in [0.2, 0.25) is 0 Å². The number of hydrogen-bond donors (Lipinski definition) is 4. The van der Waals surface area contributed by atoms with Gasteiger partial charge in [0, 0.05) is 37.1 Å². The third-order valence-electron chi connectivity index (χ3n) is 6.84. The molecular formula is C32H36N12O16. The molecule has 320 valence electrons. The lowest BCUT2D eigenvalue weighted by Gasteiger charge is -2.06. The van der Waals surface area contributed by atoms with Crippen molar-refractivity contribution >= 4 is 23.6 Å². The lowest BCUT2D eigenvalue weighted by Crippen LogP contribution is -2.43. The normalized spacial score (nSPS) is 9.53. The lowest BCUT2D eigenvalue weighted by atomic mass is 10.2. The lowest BCUT2D eigenvalue weighted by molar-refractivity contribution is -0.757. The minimum Gasteiger partial charge on any atom is -0.356 e. The Morgan fingerprint density at radius 3 is 1.15 bits per heavy atom. The second-order valence-corrected chi connectivity index (χ2v) is 11.0. The van der Waals surface area contributed by atoms with Crippen LogP contribution in [0.15, 0.2) is 98.1 Å². The van der Waals surface area contributed by atoms with Crippen molar-refractivity contribution in [2.75, 3.05) is 32.8 Å². The summed E-state index contributed by atoms with van der Waals surface area (Å²) >= 11 is 0. The number of aromatic nitrogens is 4. The van der Waals surface area contributed by atoms with Gasteiger partial charge in [-0.3, -0.25) is 24.2 Å². The van der Waals surface area contributed by atoms with Gasteiger partial charge in [0.2, 0.25) is 0 Å². The zero-order valence-corrected chi connectivity index (χ0v) is 31.0. The molecule has 0 saturated carbocycles. The zero-order chi connectivity index (χ0) is 44.9. The van der Waals surface area contributed by atoms with Crippen molar-refractivity contribution in [1.29, 1.82) is 0 Å². The van der Waals surface area contributed by atoms with Crippen molar-refractivity contribution in [3.8, 4) is 0 Å². The summed E-state index contributed by atoms with van der Waals surface area (Å²) in [7, 11) is 0. The van der Waals surface area contributed by atoms with E-state index in [-0.39, 0.29) is 30.9 Å². The van der Waals surface area contributed by atoms with Crippen molar-refractivity contribution in [2.45, 2.75) is 19.6 Å². The van der Waals surface area contributed by atoms with Gasteiger partial charge in [0.05, 0.1) is 40.5 Å². The van der Waals surface area contributed by atoms with Crippen LogP contribution in [0.3, 0.4) is 0 Å². The quantitative estimate of drug-likeness (QED) is 0.0405. The van der Waals surface area contributed by atoms with Crippen molar-refractivity contribution in [2.24, 2.45) is 0 Å². The minimum atomic E-state index is -1.75. The first-order valence-corrected chi connectivity index (χ1v) is 16.7. The predicted molar refractivity (Wildman–Crippen MR) is 198 cm³/mol. The van der Waals surface area contributed by atoms with Gasteiger partial charge < -0.3 is 72.1 Å². The predicted octanol–water partition coefficient (Wildman–Crippen LogP) is -1.55. The second-order valence-electron chi connectivity index (χ2n) is 11.0. The van der Waals surface area contributed by atoms with Gasteiger partial charge >= 0.3 is 0 Å². The molecule has 28 nitrogen and oxygen atoms in total. The molecule has 0 aliphatic rings. The maximum Gasteiger partial charge on any atom is 0.294 e. The van der Waals surface area contributed by atoms with Crippen molar-refractivity contribution in [3.63, 3.8) is 0 Å². The Morgan fingerprint density at radius 1 is 0.517 bits per heavy atom. The average Bonchev–Trinajstić information content (AvgIpc) is 3.19. The van der Waals surface area contributed by atoms with Crippen LogP contribution in [-0.2, 0) is 24.5 Å². The van der Waals surface area contributed by atoms with E-state index >= 15 is 0 Å². The van der Waals surface area contributed by atoms with Gasteiger partial charge in [-0.05, 0) is 30.3 Å². The van der Waals surface area contributed by atoms with Crippen LogP contribution >= 0.6 is 0 Å². The number of rotatable bonds is 17. The van der Waals surface area contributed by atoms with E-state index in [0.717, 1.165) is 0 Å². The van der Waals surface area contributed by atoms with Gasteiger partial charge in [-0.15, -0.1) is 10.1 Å². The summed E-state index contributed by atoms with van der Waals surface area (Å²) < 4.78 is 5.37. The SMILES string of the molecule is O=C(NCCO[N+](=O)[O-])c1ccc[n+](CCNC(=O)c2ccc[n+](CCNC(=O)c3ccc[n+](CCNC(=O)c4cccnc4)c3)c2)c1.O=[N+]([O-])[O-].O=[N+]([O-])[O-].O=[N+]([O-])[O-]. The first-order chi connectivity index (χ1) is 28.5. The molecule has 4 aromatic rings. The van der Waals surface area contributed by atoms with Crippen LogP contribution in [0.5, 0.6) is 0 Å². The molecule has 0 saturated heterocycles. The summed E-state index contributed by atoms with van der Waals surface area (Å²) in [5.74, 6) is -1.15. The molecule has 4 N–H and O–H groups in total. The van der Waals surface area contributed by atoms with E-state index in [1.165, 1.54) is 6.20 Å². The fourth-order valence-corrected chi connectivity index (χ4v) is 4.47. The number of carbonyl (C=O) groups is 4. The minimum absolute atomic E-state index is 0.0149. The Bertz CT molecular complexity index is 2020. The second kappa shape index (κ2) is 27.8. The van der Waals surface area contributed by atoms with Crippen LogP contribution < -0.4 is 35.0 Å². The Balaban J connectivity index is 0.00000132. The molecular weight excluding hydrogens is 808 g/mol. The summed E-state index contributed by atoms with van der Waals surface area (Å²) in [4.78, 5) is 93.1. The molecule has 4 rings (SSSR count). The number of hydrogen-bond acceptors (Lipinski definition) is 17. The maximum absolute atomic E-state index is 12.8. The summed E-state index contributed by atoms with van der Waals surface area (Å²) in [5.41, 5.74) is 1.75. The van der Waals surface area contributed by atoms with Crippen LogP contribution in [0.1, 0.15) is 41.4 Å². The van der Waals surface area contributed by atoms with E-state index in [0.29, 0.717) is 61.5 Å². The van der Waals surface area contributed by atoms with Crippen LogP contribution in [0, 0.1) is 56.1 Å². The third-order valence-corrected chi connectivity index (χ3v) is 6.84. The highest BCUT2D eigenvalue weighted by Crippen LogP contribution is 1.98. The smallest absolute Gasteiger partial charge is 0.294 e. The molecule has 4 heterocycles. The van der Waals surface area contributed by atoms with Crippen molar-refractivity contribution < 1.29 is 58.1 Å². The topological polar surface area (TPSA) is 392 Å². The van der Waals surface area contributed by atoms with E-state index in [2.05, 4.69) is 31.1 Å². The molecule has 60 heavy (non-hydrogen) atoms. The van der Waals surface area contributed by atoms with E-state index < -0.39 is 26.3 Å². The average molecular weight is 845 g/mol. The molecule has 0 atom stereocenters. The van der Waals surface area contributed by atoms with E-state index in [1.54, 1.807) is 94.8 Å². The van der Waals surface area contributed by atoms with E-state index in [9.17, 15) is 29.3 Å². The molecule has 4 amide bonds. The van der Waals surface area contributed by atoms with Gasteiger partial charge in [-0.1, -0.05) is 0 Å². The Morgan fingerprint density at radius 2 is 0.833 bits per heavy atom. The van der Waals surface area contributed by atoms with Gasteiger partial charge in [-0.25, -0.2) is 13.7 Å². The Hall–Kier alpha value is -8.72. The molecule has 0 spiro atoms. The molecule has 0 bridgehead atoms. The Labute approximate surface area is 336 Å². The zero-order valence-electron chi connectivity index (χ0n) is 31.0. The highest BCUT2D eigenvalue weighted by molar-refractivity contribution is 5.95. The van der Waals surface area contributed by atoms with Crippen molar-refractivity contribution in [1.82, 2.24) is 26.3 Å². The molecule has 0 unspecified atom stereocenters. The largest absolute Gasteiger partial charge is 0.356 e. The summed E-state index contributed by atoms with van der Waals surface area (Å²) in [6.07, 6.45) is 13.5. The number of pyridine rings is 4. The van der Waals surface area contributed by atoms with Crippen LogP contribution in [-0.4, -0.2) is 81.7 Å². The summed E-state index contributed by atoms with van der Waals surface area (Å²) in [6, 6.07) is 13.6. The highest BCUT2D eigenvalue weighted by Gasteiger charge is 2.15. The van der Waals surface area contributed by atoms with Gasteiger partial charge in [0.1, 0.15) is 23.3 Å². The monoisotopic (exact) mass is 844 g/mol. The number of nitrogens with zero attached hydrogens (tertiary/aromatic N) is 8. The standard InChI is InChI=1S/C32H33N9O7.3NO3/c42-29(25-5-1-9-33-21-25)34-10-17-38-14-2-6-26(22-38)30(43)35-11-18-39-15-3-7-27(23-39)31(44)36-12-19-40-16-4-8-28(24-40)32(45)37-13-20-48-41(46)47;3*2-1(3)4/h1-9,14-16,21-24H,10-13,17-20H2,(H-3,34,35,36,37,42,43,44,45);;;/q;3*-1/p+3. The molecule has 28 heteroatoms. The van der Waals surface area contributed by atoms with Gasteiger partial charge in [0.15, 0.2) is 56.8 Å². The molecule has 0 fully saturated rings. The number of carbonyl (C=O) groups excluding carboxylic acids is 4. The van der Waals surface area contributed by atoms with Crippen LogP contribution in [0.4, 0.5) is 0 Å². The molecule has 0 aromatic carbocycles. The number of nitrogens with one attached hydrogen (secondary N) is 4. The molecule has 4 aromatic heterocycles. The fourth-order valence-electron chi connectivity index (χ4n) is 4.47. The fraction of sp³-hybridized carbons (Fsp3) is 0.250. The summed E-state index contributed by atoms with van der Waals surface area (Å²) in [5, 5.41) is 64.6. The maximum atomic E-state index is 12.8. The number of amides is 4. The first-order valence-electron chi connectivity index (χ1n) is 16.7. The van der Waals surface area contributed by atoms with E-state index in [1.807, 2.05) is 10.8 Å². The molecule has 0 aliphatic heterocycles. The third kappa shape index (κ3) is 23.3. The van der Waals surface area contributed by atoms with Gasteiger partial charge in [-0.2, -0.15) is 0 Å². The van der Waals surface area contributed by atoms with E-state index in [4.69, 9.17) is 46.0 Å². The molecule has 0 radical (unpaired) electrons. The summed E-state index contributed by atoms with van der Waals surface area (Å²) in [6.45, 7) is 2.04. The van der Waals surface area contributed by atoms with Crippen LogP contribution in [0.25, 0.3) is 0 Å². The molecule has 0 aliphatic carbocycles. The highest BCUT2D eigenvalue weighted by atomic mass is 17.0. The Kier molecular flexibility index (Phi) is 22.8. The first kappa shape index (κ1) is 49.3.